The van der Waals surface area contributed by atoms with Gasteiger partial charge in [0, 0.05) is 17.7 Å². The zero-order valence-electron chi connectivity index (χ0n) is 12.2. The molecule has 2 aromatic carbocycles. The monoisotopic (exact) mass is 333 g/mol. The molecular formula is C17H13F2NO2S. The molecule has 118 valence electrons. The van der Waals surface area contributed by atoms with Crippen LogP contribution < -0.4 is 0 Å². The van der Waals surface area contributed by atoms with E-state index in [0.29, 0.717) is 16.5 Å². The van der Waals surface area contributed by atoms with Crippen LogP contribution in [0.15, 0.2) is 65.7 Å². The zero-order chi connectivity index (χ0) is 16.6. The highest BCUT2D eigenvalue weighted by atomic mass is 32.2. The molecule has 0 aliphatic carbocycles. The number of benzene rings is 2. The smallest absolute Gasteiger partial charge is 0.241 e. The lowest BCUT2D eigenvalue weighted by Crippen LogP contribution is -2.11. The molecule has 3 aromatic rings. The molecular weight excluding hydrogens is 320 g/mol. The predicted octanol–water partition coefficient (Wildman–Crippen LogP) is 4.42. The van der Waals surface area contributed by atoms with E-state index in [1.54, 1.807) is 30.3 Å². The van der Waals surface area contributed by atoms with Crippen molar-refractivity contribution in [1.82, 2.24) is 3.97 Å². The summed E-state index contributed by atoms with van der Waals surface area (Å²) in [6.07, 6.45) is 0.376. The summed E-state index contributed by atoms with van der Waals surface area (Å²) in [5.74, 6) is 0. The van der Waals surface area contributed by atoms with Crippen LogP contribution in [-0.2, 0) is 10.0 Å². The molecule has 0 fully saturated rings. The number of aromatic nitrogens is 1. The number of halogens is 2. The van der Waals surface area contributed by atoms with Crippen LogP contribution in [0.3, 0.4) is 0 Å². The van der Waals surface area contributed by atoms with E-state index in [1.807, 2.05) is 6.92 Å². The molecule has 6 heteroatoms. The molecule has 0 unspecified atom stereocenters. The molecule has 0 radical (unpaired) electrons. The van der Waals surface area contributed by atoms with Crippen molar-refractivity contribution in [2.45, 2.75) is 11.8 Å². The number of nitrogens with zero attached hydrogens (tertiary/aromatic N) is 1. The van der Waals surface area contributed by atoms with Crippen LogP contribution in [0.4, 0.5) is 8.78 Å². The minimum Gasteiger partial charge on any atom is -0.241 e. The molecule has 0 aliphatic heterocycles. The molecule has 0 saturated carbocycles. The molecule has 0 amide bonds. The Bertz CT molecular complexity index is 999. The van der Waals surface area contributed by atoms with Crippen LogP contribution in [0.5, 0.6) is 0 Å². The number of hydrogen-bond donors (Lipinski definition) is 0. The molecule has 0 N–H and O–H groups in total. The van der Waals surface area contributed by atoms with Gasteiger partial charge in [-0.3, -0.25) is 0 Å². The van der Waals surface area contributed by atoms with E-state index in [9.17, 15) is 17.2 Å². The van der Waals surface area contributed by atoms with E-state index >= 15 is 0 Å². The summed E-state index contributed by atoms with van der Waals surface area (Å²) >= 11 is 0. The lowest BCUT2D eigenvalue weighted by Gasteiger charge is -2.08. The summed E-state index contributed by atoms with van der Waals surface area (Å²) < 4.78 is 51.2. The lowest BCUT2D eigenvalue weighted by molar-refractivity contribution is 0.429. The molecule has 3 nitrogen and oxygen atoms in total. The minimum atomic E-state index is -3.72. The number of rotatable bonds is 3. The van der Waals surface area contributed by atoms with Crippen LogP contribution in [0.25, 0.3) is 17.0 Å². The van der Waals surface area contributed by atoms with E-state index < -0.39 is 16.1 Å². The SMILES string of the molecule is Cc1ccc(S(=O)(=O)n2ccc3cc(C=C(F)F)ccc32)cc1. The van der Waals surface area contributed by atoms with Gasteiger partial charge in [0.2, 0.25) is 0 Å². The van der Waals surface area contributed by atoms with Crippen molar-refractivity contribution in [3.05, 3.63) is 71.9 Å². The predicted molar refractivity (Wildman–Crippen MR) is 85.9 cm³/mol. The van der Waals surface area contributed by atoms with Gasteiger partial charge >= 0.3 is 0 Å². The van der Waals surface area contributed by atoms with Gasteiger partial charge in [0.1, 0.15) is 0 Å². The van der Waals surface area contributed by atoms with Gasteiger partial charge in [-0.25, -0.2) is 12.4 Å². The maximum atomic E-state index is 12.7. The minimum absolute atomic E-state index is 0.180. The number of fused-ring (bicyclic) bond motifs is 1. The molecule has 3 rings (SSSR count). The van der Waals surface area contributed by atoms with Gasteiger partial charge in [-0.15, -0.1) is 0 Å². The lowest BCUT2D eigenvalue weighted by atomic mass is 10.1. The van der Waals surface area contributed by atoms with Crippen molar-refractivity contribution >= 4 is 27.0 Å². The average Bonchev–Trinajstić information content (AvgIpc) is 2.91. The molecule has 0 saturated heterocycles. The highest BCUT2D eigenvalue weighted by molar-refractivity contribution is 7.90. The summed E-state index contributed by atoms with van der Waals surface area (Å²) in [4.78, 5) is 0.180. The molecule has 0 atom stereocenters. The Labute approximate surface area is 132 Å². The second-order valence-electron chi connectivity index (χ2n) is 5.18. The van der Waals surface area contributed by atoms with Crippen LogP contribution in [0.1, 0.15) is 11.1 Å². The third kappa shape index (κ3) is 2.90. The van der Waals surface area contributed by atoms with Crippen LogP contribution >= 0.6 is 0 Å². The largest absolute Gasteiger partial charge is 0.270 e. The quantitative estimate of drug-likeness (QED) is 0.711. The van der Waals surface area contributed by atoms with Crippen molar-refractivity contribution in [3.63, 3.8) is 0 Å². The molecule has 23 heavy (non-hydrogen) atoms. The molecule has 0 bridgehead atoms. The fourth-order valence-corrected chi connectivity index (χ4v) is 3.74. The van der Waals surface area contributed by atoms with Crippen LogP contribution in [0.2, 0.25) is 0 Å². The Hall–Kier alpha value is -2.47. The molecule has 1 heterocycles. The maximum Gasteiger partial charge on any atom is 0.270 e. The third-order valence-corrected chi connectivity index (χ3v) is 5.24. The Balaban J connectivity index is 2.13. The van der Waals surface area contributed by atoms with E-state index in [0.717, 1.165) is 15.6 Å². The molecule has 1 aromatic heterocycles. The second-order valence-corrected chi connectivity index (χ2v) is 7.00. The standard InChI is InChI=1S/C17H13F2NO2S/c1-12-2-5-15(6-3-12)23(21,22)20-9-8-14-10-13(11-17(18)19)4-7-16(14)20/h2-11H,1H3. The van der Waals surface area contributed by atoms with Crippen molar-refractivity contribution in [1.29, 1.82) is 0 Å². The first-order valence-electron chi connectivity index (χ1n) is 6.84. The summed E-state index contributed by atoms with van der Waals surface area (Å²) in [7, 11) is -3.72. The summed E-state index contributed by atoms with van der Waals surface area (Å²) in [5, 5.41) is 0.579. The van der Waals surface area contributed by atoms with Crippen molar-refractivity contribution in [3.8, 4) is 0 Å². The van der Waals surface area contributed by atoms with E-state index in [-0.39, 0.29) is 4.90 Å². The zero-order valence-corrected chi connectivity index (χ0v) is 13.0. The molecule has 0 spiro atoms. The van der Waals surface area contributed by atoms with Gasteiger partial charge in [-0.05, 0) is 42.8 Å². The highest BCUT2D eigenvalue weighted by Gasteiger charge is 2.18. The van der Waals surface area contributed by atoms with Crippen LogP contribution in [-0.4, -0.2) is 12.4 Å². The Morgan fingerprint density at radius 2 is 1.74 bits per heavy atom. The van der Waals surface area contributed by atoms with E-state index in [4.69, 9.17) is 0 Å². The fourth-order valence-electron chi connectivity index (χ4n) is 2.38. The number of aryl methyl sites for hydroxylation is 1. The average molecular weight is 333 g/mol. The van der Waals surface area contributed by atoms with E-state index in [1.165, 1.54) is 24.4 Å². The number of hydrogen-bond acceptors (Lipinski definition) is 2. The normalized spacial score (nSPS) is 11.6. The summed E-state index contributed by atoms with van der Waals surface area (Å²) in [6.45, 7) is 1.88. The maximum absolute atomic E-state index is 12.7. The van der Waals surface area contributed by atoms with Gasteiger partial charge < -0.3 is 0 Å². The second kappa shape index (κ2) is 5.62. The topological polar surface area (TPSA) is 39.1 Å². The van der Waals surface area contributed by atoms with Gasteiger partial charge in [0.25, 0.3) is 16.1 Å². The Morgan fingerprint density at radius 3 is 2.39 bits per heavy atom. The Morgan fingerprint density at radius 1 is 1.04 bits per heavy atom. The van der Waals surface area contributed by atoms with Gasteiger partial charge in [-0.1, -0.05) is 23.8 Å². The van der Waals surface area contributed by atoms with Crippen molar-refractivity contribution < 1.29 is 17.2 Å². The summed E-state index contributed by atoms with van der Waals surface area (Å²) in [6, 6.07) is 12.7. The van der Waals surface area contributed by atoms with Gasteiger partial charge in [0.15, 0.2) is 0 Å². The van der Waals surface area contributed by atoms with E-state index in [2.05, 4.69) is 0 Å². The van der Waals surface area contributed by atoms with Crippen molar-refractivity contribution in [2.75, 3.05) is 0 Å². The first-order chi connectivity index (χ1) is 10.9. The van der Waals surface area contributed by atoms with Crippen molar-refractivity contribution in [2.24, 2.45) is 0 Å². The fraction of sp³-hybridized carbons (Fsp3) is 0.0588. The first-order valence-corrected chi connectivity index (χ1v) is 8.28. The van der Waals surface area contributed by atoms with Gasteiger partial charge in [0.05, 0.1) is 10.4 Å². The molecule has 0 aliphatic rings. The summed E-state index contributed by atoms with van der Waals surface area (Å²) in [5.41, 5.74) is 1.73. The van der Waals surface area contributed by atoms with Gasteiger partial charge in [-0.2, -0.15) is 8.78 Å². The third-order valence-electron chi connectivity index (χ3n) is 3.53. The first kappa shape index (κ1) is 15.4. The highest BCUT2D eigenvalue weighted by Crippen LogP contribution is 2.24. The Kier molecular flexibility index (Phi) is 3.77. The van der Waals surface area contributed by atoms with Crippen LogP contribution in [0, 0.1) is 6.92 Å².